The number of nitrogens with zero attached hydrogens (tertiary/aromatic N) is 4. The first-order valence-electron chi connectivity index (χ1n) is 14.9. The van der Waals surface area contributed by atoms with Gasteiger partial charge in [0.25, 0.3) is 0 Å². The summed E-state index contributed by atoms with van der Waals surface area (Å²) in [6, 6.07) is 25.3. The van der Waals surface area contributed by atoms with Crippen molar-refractivity contribution in [2.24, 2.45) is 0 Å². The van der Waals surface area contributed by atoms with E-state index < -0.39 is 5.60 Å². The quantitative estimate of drug-likeness (QED) is 0.235. The molecule has 3 aromatic carbocycles. The van der Waals surface area contributed by atoms with Gasteiger partial charge in [0.15, 0.2) is 0 Å². The molecule has 42 heavy (non-hydrogen) atoms. The Morgan fingerprint density at radius 3 is 2.38 bits per heavy atom. The molecular weight excluding hydrogens is 524 g/mol. The summed E-state index contributed by atoms with van der Waals surface area (Å²) in [6.45, 7) is 7.97. The molecule has 0 N–H and O–H groups in total. The van der Waals surface area contributed by atoms with Gasteiger partial charge in [0.2, 0.25) is 0 Å². The lowest BCUT2D eigenvalue weighted by atomic mass is 9.73. The minimum Gasteiger partial charge on any atom is -0.444 e. The Morgan fingerprint density at radius 1 is 1.02 bits per heavy atom. The van der Waals surface area contributed by atoms with E-state index in [2.05, 4.69) is 47.1 Å². The summed E-state index contributed by atoms with van der Waals surface area (Å²) < 4.78 is 14.5. The zero-order valence-electron chi connectivity index (χ0n) is 24.7. The second-order valence-corrected chi connectivity index (χ2v) is 12.7. The highest BCUT2D eigenvalue weighted by atomic mass is 16.6. The van der Waals surface area contributed by atoms with E-state index in [4.69, 9.17) is 14.6 Å². The van der Waals surface area contributed by atoms with Gasteiger partial charge in [0.1, 0.15) is 5.60 Å². The molecule has 0 radical (unpaired) electrons. The third-order valence-electron chi connectivity index (χ3n) is 8.40. The second-order valence-electron chi connectivity index (χ2n) is 12.7. The Balaban J connectivity index is 1.25. The summed E-state index contributed by atoms with van der Waals surface area (Å²) in [5.74, 6) is 0. The number of fused-ring (bicyclic) bond motifs is 1. The molecule has 1 aliphatic heterocycles. The van der Waals surface area contributed by atoms with E-state index in [-0.39, 0.29) is 11.5 Å². The molecule has 0 atom stereocenters. The summed E-state index contributed by atoms with van der Waals surface area (Å²) in [5, 5.41) is 15.1. The molecule has 1 aromatic heterocycles. The van der Waals surface area contributed by atoms with Gasteiger partial charge < -0.3 is 14.4 Å². The zero-order chi connectivity index (χ0) is 29.3. The fourth-order valence-corrected chi connectivity index (χ4v) is 6.00. The van der Waals surface area contributed by atoms with Crippen LogP contribution in [0.2, 0.25) is 0 Å². The predicted molar refractivity (Wildman–Crippen MR) is 163 cm³/mol. The number of nitriles is 1. The van der Waals surface area contributed by atoms with Crippen LogP contribution in [-0.2, 0) is 21.5 Å². The minimum atomic E-state index is -0.515. The first-order valence-corrected chi connectivity index (χ1v) is 14.9. The van der Waals surface area contributed by atoms with Gasteiger partial charge in [-0.2, -0.15) is 10.4 Å². The maximum absolute atomic E-state index is 12.8. The largest absolute Gasteiger partial charge is 0.444 e. The Bertz CT molecular complexity index is 1600. The van der Waals surface area contributed by atoms with Crippen molar-refractivity contribution in [3.63, 3.8) is 0 Å². The van der Waals surface area contributed by atoms with Crippen molar-refractivity contribution < 1.29 is 14.3 Å². The Morgan fingerprint density at radius 2 is 1.74 bits per heavy atom. The summed E-state index contributed by atoms with van der Waals surface area (Å²) in [5.41, 5.74) is 5.59. The fraction of sp³-hybridized carbons (Fsp3) is 0.400. The van der Waals surface area contributed by atoms with Gasteiger partial charge in [-0.3, -0.25) is 4.68 Å². The van der Waals surface area contributed by atoms with Crippen LogP contribution < -0.4 is 0 Å². The zero-order valence-corrected chi connectivity index (χ0v) is 24.7. The number of aromatic nitrogens is 2. The van der Waals surface area contributed by atoms with Gasteiger partial charge in [0.05, 0.1) is 42.6 Å². The van der Waals surface area contributed by atoms with E-state index in [1.54, 1.807) is 0 Å². The van der Waals surface area contributed by atoms with Crippen molar-refractivity contribution in [2.75, 3.05) is 19.7 Å². The molecule has 2 heterocycles. The van der Waals surface area contributed by atoms with Gasteiger partial charge in [-0.25, -0.2) is 4.79 Å². The number of piperidine rings is 1. The molecule has 7 heteroatoms. The normalized spacial score (nSPS) is 16.8. The highest BCUT2D eigenvalue weighted by Crippen LogP contribution is 2.40. The molecule has 0 bridgehead atoms. The highest BCUT2D eigenvalue weighted by Gasteiger charge is 2.39. The van der Waals surface area contributed by atoms with Crippen molar-refractivity contribution >= 4 is 17.0 Å². The number of rotatable bonds is 7. The van der Waals surface area contributed by atoms with E-state index in [1.165, 1.54) is 5.56 Å². The summed E-state index contributed by atoms with van der Waals surface area (Å²) in [6.07, 6.45) is 5.62. The lowest BCUT2D eigenvalue weighted by molar-refractivity contribution is 0.00341. The third-order valence-corrected chi connectivity index (χ3v) is 8.40. The molecule has 6 rings (SSSR count). The lowest BCUT2D eigenvalue weighted by Crippen LogP contribution is -2.48. The average Bonchev–Trinajstić information content (AvgIpc) is 3.75. The number of benzene rings is 3. The van der Waals surface area contributed by atoms with Crippen LogP contribution in [0.4, 0.5) is 4.79 Å². The van der Waals surface area contributed by atoms with Crippen LogP contribution in [0.1, 0.15) is 69.2 Å². The van der Waals surface area contributed by atoms with Gasteiger partial charge in [-0.15, -0.1) is 0 Å². The molecular formula is C35H38N4O3. The van der Waals surface area contributed by atoms with Gasteiger partial charge in [-0.05, 0) is 87.4 Å². The molecule has 0 spiro atoms. The van der Waals surface area contributed by atoms with Crippen LogP contribution in [0.25, 0.3) is 22.0 Å². The van der Waals surface area contributed by atoms with E-state index in [1.807, 2.05) is 62.2 Å². The Labute approximate surface area is 247 Å². The Hall–Kier alpha value is -4.15. The van der Waals surface area contributed by atoms with E-state index in [0.717, 1.165) is 53.3 Å². The molecule has 216 valence electrons. The van der Waals surface area contributed by atoms with Gasteiger partial charge >= 0.3 is 6.09 Å². The molecule has 1 aliphatic carbocycles. The summed E-state index contributed by atoms with van der Waals surface area (Å²) in [4.78, 5) is 14.6. The van der Waals surface area contributed by atoms with Crippen LogP contribution in [0.3, 0.4) is 0 Å². The first-order chi connectivity index (χ1) is 20.2. The topological polar surface area (TPSA) is 80.4 Å². The summed E-state index contributed by atoms with van der Waals surface area (Å²) in [7, 11) is 0. The SMILES string of the molecule is CC(C)(C)OC(=O)N1CCC(COCc2cc(-c3ccc(C#N)cc3)cc3cnn(C4CC4)c23)(c2ccccc2)CC1. The molecule has 1 saturated heterocycles. The van der Waals surface area contributed by atoms with Crippen LogP contribution in [0, 0.1) is 11.3 Å². The second kappa shape index (κ2) is 11.3. The molecule has 0 unspecified atom stereocenters. The van der Waals surface area contributed by atoms with Crippen molar-refractivity contribution in [2.45, 2.75) is 70.1 Å². The van der Waals surface area contributed by atoms with E-state index in [0.29, 0.717) is 37.9 Å². The lowest BCUT2D eigenvalue weighted by Gasteiger charge is -2.42. The first kappa shape index (κ1) is 28.0. The number of hydrogen-bond acceptors (Lipinski definition) is 5. The number of hydrogen-bond donors (Lipinski definition) is 0. The smallest absolute Gasteiger partial charge is 0.410 e. The summed E-state index contributed by atoms with van der Waals surface area (Å²) >= 11 is 0. The number of carbonyl (C=O) groups is 1. The molecule has 7 nitrogen and oxygen atoms in total. The van der Waals surface area contributed by atoms with E-state index in [9.17, 15) is 10.1 Å². The number of carbonyl (C=O) groups excluding carboxylic acids is 1. The number of amides is 1. The van der Waals surface area contributed by atoms with Crippen LogP contribution in [0.15, 0.2) is 72.9 Å². The minimum absolute atomic E-state index is 0.194. The monoisotopic (exact) mass is 562 g/mol. The van der Waals surface area contributed by atoms with Crippen molar-refractivity contribution in [1.82, 2.24) is 14.7 Å². The van der Waals surface area contributed by atoms with Gasteiger partial charge in [0, 0.05) is 29.5 Å². The number of likely N-dealkylation sites (tertiary alicyclic amines) is 1. The van der Waals surface area contributed by atoms with Gasteiger partial charge in [-0.1, -0.05) is 42.5 Å². The number of ether oxygens (including phenoxy) is 2. The average molecular weight is 563 g/mol. The molecule has 2 fully saturated rings. The van der Waals surface area contributed by atoms with Crippen LogP contribution in [0.5, 0.6) is 0 Å². The highest BCUT2D eigenvalue weighted by molar-refractivity contribution is 5.88. The standard InChI is InChI=1S/C35H38N4O3/c1-34(2,3)42-33(40)38-17-15-35(16-18-38,30-7-5-4-6-8-30)24-41-23-29-20-27(26-11-9-25(21-36)10-12-26)19-28-22-37-39(32(28)29)31-13-14-31/h4-12,19-20,22,31H,13-18,23-24H2,1-3H3. The van der Waals surface area contributed by atoms with Crippen molar-refractivity contribution in [1.29, 1.82) is 5.26 Å². The molecule has 2 aliphatic rings. The molecule has 4 aromatic rings. The predicted octanol–water partition coefficient (Wildman–Crippen LogP) is 7.40. The van der Waals surface area contributed by atoms with E-state index >= 15 is 0 Å². The third kappa shape index (κ3) is 5.91. The van der Waals surface area contributed by atoms with Crippen molar-refractivity contribution in [3.8, 4) is 17.2 Å². The maximum atomic E-state index is 12.8. The molecule has 1 amide bonds. The van der Waals surface area contributed by atoms with Crippen molar-refractivity contribution in [3.05, 3.63) is 89.6 Å². The van der Waals surface area contributed by atoms with Crippen LogP contribution in [-0.4, -0.2) is 46.1 Å². The molecule has 1 saturated carbocycles. The maximum Gasteiger partial charge on any atom is 0.410 e. The Kier molecular flexibility index (Phi) is 7.51. The van der Waals surface area contributed by atoms with Crippen LogP contribution >= 0.6 is 0 Å². The fourth-order valence-electron chi connectivity index (χ4n) is 6.00.